The highest BCUT2D eigenvalue weighted by molar-refractivity contribution is 6.18. The van der Waals surface area contributed by atoms with Crippen molar-refractivity contribution in [3.8, 4) is 0 Å². The van der Waals surface area contributed by atoms with Gasteiger partial charge in [-0.1, -0.05) is 44.2 Å². The lowest BCUT2D eigenvalue weighted by atomic mass is 10.1. The Hall–Kier alpha value is -1.02. The van der Waals surface area contributed by atoms with Crippen LogP contribution in [0.3, 0.4) is 0 Å². The highest BCUT2D eigenvalue weighted by atomic mass is 35.5. The molecule has 0 aliphatic heterocycles. The first-order valence-electron chi connectivity index (χ1n) is 7.62. The van der Waals surface area contributed by atoms with Gasteiger partial charge in [0, 0.05) is 24.9 Å². The van der Waals surface area contributed by atoms with Crippen LogP contribution in [0.2, 0.25) is 0 Å². The van der Waals surface area contributed by atoms with Crippen LogP contribution in [0.25, 0.3) is 0 Å². The first-order chi connectivity index (χ1) is 9.72. The molecule has 0 spiro atoms. The summed E-state index contributed by atoms with van der Waals surface area (Å²) in [6.45, 7) is 4.93. The molecule has 0 radical (unpaired) electrons. The molecule has 0 aliphatic carbocycles. The van der Waals surface area contributed by atoms with Crippen LogP contribution in [0.15, 0.2) is 30.3 Å². The molecule has 2 nitrogen and oxygen atoms in total. The molecule has 0 saturated carbocycles. The van der Waals surface area contributed by atoms with Gasteiger partial charge in [0.1, 0.15) is 0 Å². The van der Waals surface area contributed by atoms with Crippen molar-refractivity contribution in [2.45, 2.75) is 52.0 Å². The van der Waals surface area contributed by atoms with Crippen molar-refractivity contribution in [2.75, 3.05) is 12.4 Å². The topological polar surface area (TPSA) is 20.3 Å². The molecule has 0 bridgehead atoms. The Bertz CT molecular complexity index is 376. The summed E-state index contributed by atoms with van der Waals surface area (Å²) in [4.78, 5) is 14.3. The molecule has 0 unspecified atom stereocenters. The smallest absolute Gasteiger partial charge is 0.222 e. The van der Waals surface area contributed by atoms with E-state index in [4.69, 9.17) is 11.6 Å². The first kappa shape index (κ1) is 17.0. The number of hydrogen-bond donors (Lipinski definition) is 0. The lowest BCUT2D eigenvalue weighted by Gasteiger charge is -2.30. The summed E-state index contributed by atoms with van der Waals surface area (Å²) in [6, 6.07) is 10.7. The Morgan fingerprint density at radius 2 is 1.85 bits per heavy atom. The zero-order valence-electron chi connectivity index (χ0n) is 12.6. The summed E-state index contributed by atoms with van der Waals surface area (Å²) in [7, 11) is 0. The minimum atomic E-state index is 0.246. The van der Waals surface area contributed by atoms with E-state index in [9.17, 15) is 4.79 Å². The summed E-state index contributed by atoms with van der Waals surface area (Å²) >= 11 is 5.83. The van der Waals surface area contributed by atoms with E-state index in [1.54, 1.807) is 0 Å². The number of halogens is 1. The Labute approximate surface area is 128 Å². The highest BCUT2D eigenvalue weighted by Crippen LogP contribution is 2.13. The number of hydrogen-bond acceptors (Lipinski definition) is 1. The molecule has 0 N–H and O–H groups in total. The van der Waals surface area contributed by atoms with Gasteiger partial charge in [0.15, 0.2) is 0 Å². The maximum atomic E-state index is 12.3. The number of amides is 1. The molecule has 1 amide bonds. The van der Waals surface area contributed by atoms with Crippen LogP contribution in [-0.2, 0) is 11.2 Å². The number of nitrogens with zero attached hydrogens (tertiary/aromatic N) is 1. The van der Waals surface area contributed by atoms with Crippen molar-refractivity contribution in [2.24, 2.45) is 0 Å². The minimum absolute atomic E-state index is 0.246. The van der Waals surface area contributed by atoms with Gasteiger partial charge in [0.25, 0.3) is 0 Å². The molecule has 1 aromatic carbocycles. The van der Waals surface area contributed by atoms with Gasteiger partial charge >= 0.3 is 0 Å². The van der Waals surface area contributed by atoms with Crippen LogP contribution >= 0.6 is 11.6 Å². The van der Waals surface area contributed by atoms with Crippen LogP contribution < -0.4 is 0 Å². The van der Waals surface area contributed by atoms with Gasteiger partial charge in [-0.3, -0.25) is 4.79 Å². The Kier molecular flexibility index (Phi) is 8.36. The largest absolute Gasteiger partial charge is 0.339 e. The molecule has 0 atom stereocenters. The molecule has 0 heterocycles. The SMILES string of the molecule is CCC(CC)N(CCCl)C(=O)CCCc1ccccc1. The van der Waals surface area contributed by atoms with E-state index in [0.717, 1.165) is 25.7 Å². The number of rotatable bonds is 9. The highest BCUT2D eigenvalue weighted by Gasteiger charge is 2.19. The van der Waals surface area contributed by atoms with Gasteiger partial charge in [0.2, 0.25) is 5.91 Å². The lowest BCUT2D eigenvalue weighted by Crippen LogP contribution is -2.41. The fourth-order valence-electron chi connectivity index (χ4n) is 2.56. The second kappa shape index (κ2) is 9.82. The quantitative estimate of drug-likeness (QED) is 0.623. The van der Waals surface area contributed by atoms with E-state index < -0.39 is 0 Å². The molecular formula is C17H26ClNO. The molecule has 0 aliphatic rings. The van der Waals surface area contributed by atoms with Crippen LogP contribution in [0.1, 0.15) is 45.1 Å². The number of carbonyl (C=O) groups is 1. The Morgan fingerprint density at radius 1 is 1.20 bits per heavy atom. The molecular weight excluding hydrogens is 270 g/mol. The Morgan fingerprint density at radius 3 is 2.40 bits per heavy atom. The first-order valence-corrected chi connectivity index (χ1v) is 8.15. The van der Waals surface area contributed by atoms with Crippen molar-refractivity contribution >= 4 is 17.5 Å². The molecule has 0 saturated heterocycles. The monoisotopic (exact) mass is 295 g/mol. The third-order valence-corrected chi connectivity index (χ3v) is 3.90. The predicted molar refractivity (Wildman–Crippen MR) is 86.2 cm³/mol. The Balaban J connectivity index is 2.45. The van der Waals surface area contributed by atoms with Gasteiger partial charge < -0.3 is 4.90 Å². The number of carbonyl (C=O) groups excluding carboxylic acids is 1. The van der Waals surface area contributed by atoms with Crippen molar-refractivity contribution in [1.29, 1.82) is 0 Å². The van der Waals surface area contributed by atoms with Crippen LogP contribution in [0, 0.1) is 0 Å². The summed E-state index contributed by atoms with van der Waals surface area (Å²) in [5, 5.41) is 0. The van der Waals surface area contributed by atoms with Gasteiger partial charge in [-0.15, -0.1) is 11.6 Å². The standard InChI is InChI=1S/C17H26ClNO/c1-3-16(4-2)19(14-13-18)17(20)12-8-11-15-9-6-5-7-10-15/h5-7,9-10,16H,3-4,8,11-14H2,1-2H3. The molecule has 1 rings (SSSR count). The average Bonchev–Trinajstić information content (AvgIpc) is 2.48. The molecule has 1 aromatic rings. The molecule has 112 valence electrons. The summed E-state index contributed by atoms with van der Waals surface area (Å²) < 4.78 is 0. The zero-order chi connectivity index (χ0) is 14.8. The van der Waals surface area contributed by atoms with E-state index in [2.05, 4.69) is 26.0 Å². The van der Waals surface area contributed by atoms with Crippen LogP contribution in [-0.4, -0.2) is 29.3 Å². The van der Waals surface area contributed by atoms with Crippen molar-refractivity contribution < 1.29 is 4.79 Å². The second-order valence-electron chi connectivity index (χ2n) is 5.09. The maximum Gasteiger partial charge on any atom is 0.222 e. The molecule has 3 heteroatoms. The second-order valence-corrected chi connectivity index (χ2v) is 5.46. The van der Waals surface area contributed by atoms with E-state index >= 15 is 0 Å². The van der Waals surface area contributed by atoms with E-state index in [1.807, 2.05) is 23.1 Å². The lowest BCUT2D eigenvalue weighted by molar-refractivity contribution is -0.133. The van der Waals surface area contributed by atoms with Crippen molar-refractivity contribution in [3.05, 3.63) is 35.9 Å². The van der Waals surface area contributed by atoms with E-state index in [1.165, 1.54) is 5.56 Å². The summed E-state index contributed by atoms with van der Waals surface area (Å²) in [5.41, 5.74) is 1.30. The normalized spacial score (nSPS) is 10.8. The zero-order valence-corrected chi connectivity index (χ0v) is 13.4. The van der Waals surface area contributed by atoms with Crippen molar-refractivity contribution in [3.63, 3.8) is 0 Å². The molecule has 0 aromatic heterocycles. The summed E-state index contributed by atoms with van der Waals surface area (Å²) in [5.74, 6) is 0.760. The third kappa shape index (κ3) is 5.54. The van der Waals surface area contributed by atoms with Crippen molar-refractivity contribution in [1.82, 2.24) is 4.90 Å². The fourth-order valence-corrected chi connectivity index (χ4v) is 2.75. The number of aryl methyl sites for hydroxylation is 1. The molecule has 20 heavy (non-hydrogen) atoms. The number of alkyl halides is 1. The van der Waals surface area contributed by atoms with Gasteiger partial charge in [0.05, 0.1) is 0 Å². The predicted octanol–water partition coefficient (Wildman–Crippen LogP) is 4.27. The summed E-state index contributed by atoms with van der Waals surface area (Å²) in [6.07, 6.45) is 4.48. The third-order valence-electron chi connectivity index (χ3n) is 3.73. The maximum absolute atomic E-state index is 12.3. The van der Waals surface area contributed by atoms with Gasteiger partial charge in [-0.25, -0.2) is 0 Å². The van der Waals surface area contributed by atoms with Gasteiger partial charge in [-0.2, -0.15) is 0 Å². The minimum Gasteiger partial charge on any atom is -0.339 e. The fraction of sp³-hybridized carbons (Fsp3) is 0.588. The van der Waals surface area contributed by atoms with Crippen LogP contribution in [0.4, 0.5) is 0 Å². The van der Waals surface area contributed by atoms with E-state index in [-0.39, 0.29) is 5.91 Å². The van der Waals surface area contributed by atoms with Crippen LogP contribution in [0.5, 0.6) is 0 Å². The van der Waals surface area contributed by atoms with E-state index in [0.29, 0.717) is 24.9 Å². The van der Waals surface area contributed by atoms with Gasteiger partial charge in [-0.05, 0) is 31.2 Å². The number of benzene rings is 1. The average molecular weight is 296 g/mol. The molecule has 0 fully saturated rings.